The van der Waals surface area contributed by atoms with Gasteiger partial charge in [-0.15, -0.1) is 0 Å². The summed E-state index contributed by atoms with van der Waals surface area (Å²) in [6.07, 6.45) is 2.94. The number of hydrogen-bond acceptors (Lipinski definition) is 6. The molecule has 1 aliphatic heterocycles. The number of thioether (sulfide) groups is 2. The first-order chi connectivity index (χ1) is 9.13. The number of rotatable bonds is 5. The zero-order chi connectivity index (χ0) is 13.7. The van der Waals surface area contributed by atoms with E-state index in [0.717, 1.165) is 17.3 Å². The molecule has 8 heteroatoms. The van der Waals surface area contributed by atoms with E-state index < -0.39 is 10.0 Å². The van der Waals surface area contributed by atoms with Gasteiger partial charge >= 0.3 is 0 Å². The normalized spacial score (nSPS) is 20.2. The highest BCUT2D eigenvalue weighted by molar-refractivity contribution is 8.06. The summed E-state index contributed by atoms with van der Waals surface area (Å²) in [4.78, 5) is 4.09. The molecule has 0 radical (unpaired) electrons. The molecule has 1 aliphatic rings. The van der Waals surface area contributed by atoms with Crippen LogP contribution in [0.3, 0.4) is 0 Å². The van der Waals surface area contributed by atoms with Gasteiger partial charge in [0.15, 0.2) is 0 Å². The van der Waals surface area contributed by atoms with Crippen molar-refractivity contribution in [3.63, 3.8) is 0 Å². The molecule has 0 aromatic carbocycles. The van der Waals surface area contributed by atoms with Crippen molar-refractivity contribution in [3.05, 3.63) is 18.5 Å². The van der Waals surface area contributed by atoms with Crippen molar-refractivity contribution in [2.24, 2.45) is 0 Å². The average Bonchev–Trinajstić information content (AvgIpc) is 2.46. The number of aromatic nitrogens is 1. The summed E-state index contributed by atoms with van der Waals surface area (Å²) in [6, 6.07) is 1.65. The molecule has 0 aliphatic carbocycles. The monoisotopic (exact) mass is 319 g/mol. The van der Waals surface area contributed by atoms with Gasteiger partial charge in [-0.2, -0.15) is 23.5 Å². The van der Waals surface area contributed by atoms with Crippen molar-refractivity contribution in [1.82, 2.24) is 9.71 Å². The van der Waals surface area contributed by atoms with Gasteiger partial charge in [-0.3, -0.25) is 4.98 Å². The zero-order valence-corrected chi connectivity index (χ0v) is 13.1. The first kappa shape index (κ1) is 15.0. The van der Waals surface area contributed by atoms with Gasteiger partial charge in [0, 0.05) is 48.5 Å². The van der Waals surface area contributed by atoms with E-state index in [0.29, 0.717) is 17.5 Å². The zero-order valence-electron chi connectivity index (χ0n) is 10.6. The van der Waals surface area contributed by atoms with Crippen LogP contribution >= 0.6 is 23.5 Å². The van der Waals surface area contributed by atoms with Crippen LogP contribution in [0.1, 0.15) is 0 Å². The Labute approximate surface area is 122 Å². The molecule has 1 unspecified atom stereocenters. The van der Waals surface area contributed by atoms with Gasteiger partial charge in [-0.05, 0) is 6.07 Å². The molecule has 1 aromatic rings. The summed E-state index contributed by atoms with van der Waals surface area (Å²) in [5, 5.41) is 3.22. The quantitative estimate of drug-likeness (QED) is 0.851. The number of anilines is 1. The standard InChI is InChI=1S/C11H17N3O2S3/c1-12-10-2-3-13-7-11(10)19(15,16)14-6-9-8-17-4-5-18-9/h2-3,7,9,14H,4-6,8H2,1H3,(H,12,13). The number of nitrogens with zero attached hydrogens (tertiary/aromatic N) is 1. The maximum Gasteiger partial charge on any atom is 0.244 e. The second-order valence-electron chi connectivity index (χ2n) is 4.04. The van der Waals surface area contributed by atoms with Gasteiger partial charge in [0.2, 0.25) is 10.0 Å². The number of hydrogen-bond donors (Lipinski definition) is 2. The largest absolute Gasteiger partial charge is 0.387 e. The molecule has 5 nitrogen and oxygen atoms in total. The fourth-order valence-electron chi connectivity index (χ4n) is 1.74. The molecule has 0 bridgehead atoms. The molecule has 1 saturated heterocycles. The SMILES string of the molecule is CNc1ccncc1S(=O)(=O)NCC1CSCCS1. The Balaban J connectivity index is 2.05. The van der Waals surface area contributed by atoms with Crippen LogP contribution in [-0.2, 0) is 10.0 Å². The van der Waals surface area contributed by atoms with Gasteiger partial charge in [0.05, 0.1) is 5.69 Å². The maximum absolute atomic E-state index is 12.2. The van der Waals surface area contributed by atoms with Crippen LogP contribution in [0, 0.1) is 0 Å². The molecule has 1 aromatic heterocycles. The molecule has 2 rings (SSSR count). The highest BCUT2D eigenvalue weighted by atomic mass is 32.2. The van der Waals surface area contributed by atoms with E-state index in [4.69, 9.17) is 0 Å². The van der Waals surface area contributed by atoms with E-state index in [-0.39, 0.29) is 4.90 Å². The van der Waals surface area contributed by atoms with Crippen LogP contribution in [0.5, 0.6) is 0 Å². The van der Waals surface area contributed by atoms with Crippen LogP contribution in [0.4, 0.5) is 5.69 Å². The molecule has 19 heavy (non-hydrogen) atoms. The predicted molar refractivity (Wildman–Crippen MR) is 82.5 cm³/mol. The van der Waals surface area contributed by atoms with Crippen LogP contribution < -0.4 is 10.0 Å². The highest BCUT2D eigenvalue weighted by Gasteiger charge is 2.21. The maximum atomic E-state index is 12.2. The summed E-state index contributed by atoms with van der Waals surface area (Å²) in [5.74, 6) is 3.24. The summed E-state index contributed by atoms with van der Waals surface area (Å²) < 4.78 is 27.2. The number of nitrogens with one attached hydrogen (secondary N) is 2. The van der Waals surface area contributed by atoms with E-state index in [9.17, 15) is 8.42 Å². The lowest BCUT2D eigenvalue weighted by molar-refractivity contribution is 0.581. The third kappa shape index (κ3) is 4.01. The lowest BCUT2D eigenvalue weighted by atomic mass is 10.4. The molecule has 2 N–H and O–H groups in total. The van der Waals surface area contributed by atoms with Gasteiger partial charge < -0.3 is 5.32 Å². The van der Waals surface area contributed by atoms with Crippen molar-refractivity contribution in [2.45, 2.75) is 10.1 Å². The smallest absolute Gasteiger partial charge is 0.244 e. The van der Waals surface area contributed by atoms with Crippen LogP contribution in [0.25, 0.3) is 0 Å². The number of pyridine rings is 1. The topological polar surface area (TPSA) is 71.1 Å². The second-order valence-corrected chi connectivity index (χ2v) is 8.33. The molecular formula is C11H17N3O2S3. The average molecular weight is 319 g/mol. The summed E-state index contributed by atoms with van der Waals surface area (Å²) in [6.45, 7) is 0.470. The first-order valence-corrected chi connectivity index (χ1v) is 9.63. The predicted octanol–water partition coefficient (Wildman–Crippen LogP) is 1.25. The lowest BCUT2D eigenvalue weighted by Crippen LogP contribution is -2.33. The summed E-state index contributed by atoms with van der Waals surface area (Å²) in [7, 11) is -1.80. The van der Waals surface area contributed by atoms with E-state index in [1.54, 1.807) is 19.3 Å². The lowest BCUT2D eigenvalue weighted by Gasteiger charge is -2.21. The van der Waals surface area contributed by atoms with Crippen molar-refractivity contribution in [3.8, 4) is 0 Å². The fraction of sp³-hybridized carbons (Fsp3) is 0.545. The Morgan fingerprint density at radius 1 is 1.47 bits per heavy atom. The summed E-state index contributed by atoms with van der Waals surface area (Å²) in [5.41, 5.74) is 0.563. The Hall–Kier alpha value is -0.440. The minimum Gasteiger partial charge on any atom is -0.387 e. The second kappa shape index (κ2) is 6.83. The van der Waals surface area contributed by atoms with E-state index in [2.05, 4.69) is 15.0 Å². The Morgan fingerprint density at radius 2 is 2.32 bits per heavy atom. The minimum atomic E-state index is -3.50. The van der Waals surface area contributed by atoms with Gasteiger partial charge in [0.1, 0.15) is 4.90 Å². The van der Waals surface area contributed by atoms with Crippen LogP contribution in [0.2, 0.25) is 0 Å². The first-order valence-electron chi connectivity index (χ1n) is 5.94. The van der Waals surface area contributed by atoms with E-state index in [1.807, 2.05) is 23.5 Å². The van der Waals surface area contributed by atoms with Gasteiger partial charge in [-0.25, -0.2) is 13.1 Å². The van der Waals surface area contributed by atoms with Crippen molar-refractivity contribution < 1.29 is 8.42 Å². The molecule has 1 fully saturated rings. The number of sulfonamides is 1. The highest BCUT2D eigenvalue weighted by Crippen LogP contribution is 2.24. The van der Waals surface area contributed by atoms with Crippen molar-refractivity contribution in [2.75, 3.05) is 36.2 Å². The van der Waals surface area contributed by atoms with E-state index in [1.165, 1.54) is 6.20 Å². The Bertz CT molecular complexity index is 516. The fourth-order valence-corrected chi connectivity index (χ4v) is 5.69. The third-order valence-corrected chi connectivity index (χ3v) is 7.03. The van der Waals surface area contributed by atoms with E-state index >= 15 is 0 Å². The summed E-state index contributed by atoms with van der Waals surface area (Å²) >= 11 is 3.71. The molecule has 0 saturated carbocycles. The third-order valence-electron chi connectivity index (χ3n) is 2.73. The van der Waals surface area contributed by atoms with Crippen molar-refractivity contribution >= 4 is 39.2 Å². The van der Waals surface area contributed by atoms with Crippen LogP contribution in [-0.4, -0.2) is 49.5 Å². The molecule has 1 atom stereocenters. The van der Waals surface area contributed by atoms with Crippen molar-refractivity contribution in [1.29, 1.82) is 0 Å². The van der Waals surface area contributed by atoms with Gasteiger partial charge in [-0.1, -0.05) is 0 Å². The molecule has 0 spiro atoms. The minimum absolute atomic E-state index is 0.200. The molecule has 0 amide bonds. The molecule has 2 heterocycles. The van der Waals surface area contributed by atoms with Crippen LogP contribution in [0.15, 0.2) is 23.4 Å². The van der Waals surface area contributed by atoms with Gasteiger partial charge in [0.25, 0.3) is 0 Å². The molecular weight excluding hydrogens is 302 g/mol. The Kier molecular flexibility index (Phi) is 5.37. The Morgan fingerprint density at radius 3 is 3.00 bits per heavy atom. The molecule has 106 valence electrons.